The molecule has 2 N–H and O–H groups in total. The summed E-state index contributed by atoms with van der Waals surface area (Å²) >= 11 is 1.34. The third-order valence-corrected chi connectivity index (χ3v) is 4.99. The van der Waals surface area contributed by atoms with Crippen molar-refractivity contribution >= 4 is 27.8 Å². The molecule has 8 nitrogen and oxygen atoms in total. The number of furan rings is 1. The summed E-state index contributed by atoms with van der Waals surface area (Å²) in [5.74, 6) is 0.478. The van der Waals surface area contributed by atoms with Crippen molar-refractivity contribution in [3.05, 3.63) is 63.5 Å². The van der Waals surface area contributed by atoms with Crippen molar-refractivity contribution in [3.63, 3.8) is 0 Å². The Balaban J connectivity index is 1.83. The average molecular weight is 382 g/mol. The zero-order chi connectivity index (χ0) is 19.0. The molecule has 0 fully saturated rings. The van der Waals surface area contributed by atoms with E-state index in [0.717, 1.165) is 4.68 Å². The van der Waals surface area contributed by atoms with Crippen LogP contribution in [0.25, 0.3) is 21.5 Å². The van der Waals surface area contributed by atoms with Gasteiger partial charge in [-0.25, -0.2) is 4.98 Å². The molecule has 0 spiro atoms. The monoisotopic (exact) mass is 382 g/mol. The van der Waals surface area contributed by atoms with Crippen molar-refractivity contribution in [2.75, 3.05) is 0 Å². The number of aromatic hydroxyl groups is 1. The van der Waals surface area contributed by atoms with Gasteiger partial charge in [0.05, 0.1) is 30.2 Å². The second-order valence-electron chi connectivity index (χ2n) is 5.73. The molecule has 4 aromatic rings. The zero-order valence-electron chi connectivity index (χ0n) is 14.2. The molecule has 0 amide bonds. The van der Waals surface area contributed by atoms with Gasteiger partial charge in [-0.2, -0.15) is 9.78 Å². The molecule has 9 heteroatoms. The van der Waals surface area contributed by atoms with Crippen LogP contribution in [0, 0.1) is 6.92 Å². The fraction of sp³-hybridized carbons (Fsp3) is 0.111. The molecule has 0 bridgehead atoms. The lowest BCUT2D eigenvalue weighted by Gasteiger charge is -2.07. The Bertz CT molecular complexity index is 1210. The predicted octanol–water partition coefficient (Wildman–Crippen LogP) is 2.50. The Hall–Kier alpha value is -3.30. The van der Waals surface area contributed by atoms with Crippen LogP contribution in [0.3, 0.4) is 0 Å². The molecular formula is C18H14N4O4S. The summed E-state index contributed by atoms with van der Waals surface area (Å²) in [5, 5.41) is 26.0. The highest BCUT2D eigenvalue weighted by Gasteiger charge is 2.15. The quantitative estimate of drug-likeness (QED) is 0.524. The highest BCUT2D eigenvalue weighted by molar-refractivity contribution is 7.17. The van der Waals surface area contributed by atoms with E-state index >= 15 is 0 Å². The number of aromatic nitrogens is 3. The number of nitrogens with zero attached hydrogens (tertiary/aromatic N) is 4. The van der Waals surface area contributed by atoms with Gasteiger partial charge in [0.15, 0.2) is 0 Å². The van der Waals surface area contributed by atoms with Crippen LogP contribution >= 0.6 is 11.3 Å². The topological polar surface area (TPSA) is 114 Å². The van der Waals surface area contributed by atoms with Crippen LogP contribution < -0.4 is 5.56 Å². The van der Waals surface area contributed by atoms with Crippen LogP contribution in [-0.2, 0) is 6.61 Å². The number of fused-ring (bicyclic) bond motifs is 1. The second kappa shape index (κ2) is 6.78. The molecule has 4 rings (SSSR count). The second-order valence-corrected chi connectivity index (χ2v) is 6.59. The minimum absolute atomic E-state index is 0.0980. The van der Waals surface area contributed by atoms with Crippen LogP contribution in [-0.4, -0.2) is 31.1 Å². The van der Waals surface area contributed by atoms with Crippen LogP contribution in [0.2, 0.25) is 0 Å². The molecular weight excluding hydrogens is 368 g/mol. The molecule has 0 aliphatic rings. The van der Waals surface area contributed by atoms with E-state index in [4.69, 9.17) is 4.42 Å². The first-order valence-electron chi connectivity index (χ1n) is 7.95. The standard InChI is InChI=1S/C18H14N4O4S/c1-10-16(24)12(11(7-23)5-19-10)6-21-22-9-20-17-15(18(22)25)13(8-27-17)14-3-2-4-26-14/h2-6,8-9,23-24H,7H2,1H3/b21-6+. The molecule has 0 saturated carbocycles. The number of pyridine rings is 1. The van der Waals surface area contributed by atoms with E-state index in [1.165, 1.54) is 36.3 Å². The molecule has 4 aromatic heterocycles. The average Bonchev–Trinajstić information content (AvgIpc) is 3.33. The van der Waals surface area contributed by atoms with Crippen molar-refractivity contribution in [2.45, 2.75) is 13.5 Å². The lowest BCUT2D eigenvalue weighted by atomic mass is 10.1. The van der Waals surface area contributed by atoms with Gasteiger partial charge in [0.1, 0.15) is 22.7 Å². The number of aliphatic hydroxyl groups is 1. The van der Waals surface area contributed by atoms with Crippen molar-refractivity contribution in [1.29, 1.82) is 0 Å². The molecule has 0 aliphatic heterocycles. The van der Waals surface area contributed by atoms with Gasteiger partial charge < -0.3 is 14.6 Å². The van der Waals surface area contributed by atoms with Gasteiger partial charge in [0, 0.05) is 28.3 Å². The number of thiophene rings is 1. The van der Waals surface area contributed by atoms with Crippen LogP contribution in [0.1, 0.15) is 16.8 Å². The van der Waals surface area contributed by atoms with Gasteiger partial charge in [-0.1, -0.05) is 0 Å². The number of hydrogen-bond donors (Lipinski definition) is 2. The Morgan fingerprint density at radius 1 is 1.41 bits per heavy atom. The molecule has 4 heterocycles. The SMILES string of the molecule is Cc1ncc(CO)c(/C=N/n2cnc3scc(-c4ccco4)c3c2=O)c1O. The number of rotatable bonds is 4. The highest BCUT2D eigenvalue weighted by atomic mass is 32.1. The molecule has 0 radical (unpaired) electrons. The Morgan fingerprint density at radius 2 is 2.26 bits per heavy atom. The molecule has 0 unspecified atom stereocenters. The van der Waals surface area contributed by atoms with E-state index in [-0.39, 0.29) is 17.9 Å². The van der Waals surface area contributed by atoms with E-state index in [2.05, 4.69) is 15.1 Å². The smallest absolute Gasteiger partial charge is 0.283 e. The zero-order valence-corrected chi connectivity index (χ0v) is 15.0. The van der Waals surface area contributed by atoms with Crippen molar-refractivity contribution in [1.82, 2.24) is 14.6 Å². The first-order chi connectivity index (χ1) is 13.1. The third-order valence-electron chi connectivity index (χ3n) is 4.10. The normalized spacial score (nSPS) is 11.6. The summed E-state index contributed by atoms with van der Waals surface area (Å²) in [6.45, 7) is 1.32. The maximum absolute atomic E-state index is 12.9. The maximum Gasteiger partial charge on any atom is 0.283 e. The van der Waals surface area contributed by atoms with Gasteiger partial charge in [-0.05, 0) is 19.1 Å². The largest absolute Gasteiger partial charge is 0.505 e. The van der Waals surface area contributed by atoms with E-state index in [1.807, 2.05) is 5.38 Å². The van der Waals surface area contributed by atoms with Crippen molar-refractivity contribution in [2.24, 2.45) is 5.10 Å². The molecule has 0 atom stereocenters. The first kappa shape index (κ1) is 17.1. The summed E-state index contributed by atoms with van der Waals surface area (Å²) in [5.41, 5.74) is 1.39. The summed E-state index contributed by atoms with van der Waals surface area (Å²) in [4.78, 5) is 21.7. The van der Waals surface area contributed by atoms with Gasteiger partial charge in [0.25, 0.3) is 5.56 Å². The first-order valence-corrected chi connectivity index (χ1v) is 8.83. The van der Waals surface area contributed by atoms with E-state index in [9.17, 15) is 15.0 Å². The third kappa shape index (κ3) is 2.92. The Labute approximate surface area is 156 Å². The van der Waals surface area contributed by atoms with Crippen LogP contribution in [0.5, 0.6) is 5.75 Å². The van der Waals surface area contributed by atoms with Gasteiger partial charge in [-0.3, -0.25) is 9.78 Å². The summed E-state index contributed by atoms with van der Waals surface area (Å²) < 4.78 is 6.48. The predicted molar refractivity (Wildman–Crippen MR) is 101 cm³/mol. The van der Waals surface area contributed by atoms with Crippen molar-refractivity contribution < 1.29 is 14.6 Å². The molecule has 136 valence electrons. The number of aliphatic hydroxyl groups excluding tert-OH is 1. The molecule has 0 aromatic carbocycles. The van der Waals surface area contributed by atoms with Gasteiger partial charge in [0.2, 0.25) is 0 Å². The lowest BCUT2D eigenvalue weighted by molar-refractivity contribution is 0.280. The highest BCUT2D eigenvalue weighted by Crippen LogP contribution is 2.30. The van der Waals surface area contributed by atoms with Crippen molar-refractivity contribution in [3.8, 4) is 17.1 Å². The molecule has 0 saturated heterocycles. The minimum Gasteiger partial charge on any atom is -0.505 e. The molecule has 27 heavy (non-hydrogen) atoms. The lowest BCUT2D eigenvalue weighted by Crippen LogP contribution is -2.17. The Morgan fingerprint density at radius 3 is 3.00 bits per heavy atom. The number of aryl methyl sites for hydroxylation is 1. The van der Waals surface area contributed by atoms with E-state index in [0.29, 0.717) is 38.4 Å². The summed E-state index contributed by atoms with van der Waals surface area (Å²) in [6, 6.07) is 3.52. The van der Waals surface area contributed by atoms with E-state index in [1.54, 1.807) is 19.1 Å². The van der Waals surface area contributed by atoms with Gasteiger partial charge >= 0.3 is 0 Å². The number of hydrogen-bond acceptors (Lipinski definition) is 8. The van der Waals surface area contributed by atoms with E-state index < -0.39 is 0 Å². The summed E-state index contributed by atoms with van der Waals surface area (Å²) in [6.07, 6.45) is 5.61. The van der Waals surface area contributed by atoms with Crippen LogP contribution in [0.4, 0.5) is 0 Å². The maximum atomic E-state index is 12.9. The van der Waals surface area contributed by atoms with Crippen LogP contribution in [0.15, 0.2) is 50.6 Å². The fourth-order valence-electron chi connectivity index (χ4n) is 2.66. The minimum atomic E-state index is -0.361. The van der Waals surface area contributed by atoms with Gasteiger partial charge in [-0.15, -0.1) is 11.3 Å². The Kier molecular flexibility index (Phi) is 4.30. The molecule has 0 aliphatic carbocycles. The summed E-state index contributed by atoms with van der Waals surface area (Å²) in [7, 11) is 0. The fourth-order valence-corrected chi connectivity index (χ4v) is 3.55.